The van der Waals surface area contributed by atoms with Crippen LogP contribution in [0, 0.1) is 0 Å². The van der Waals surface area contributed by atoms with E-state index in [4.69, 9.17) is 12.2 Å². The van der Waals surface area contributed by atoms with E-state index in [1.54, 1.807) is 6.08 Å². The lowest BCUT2D eigenvalue weighted by atomic mass is 10.0. The molecule has 0 saturated carbocycles. The van der Waals surface area contributed by atoms with Crippen LogP contribution in [0.2, 0.25) is 0 Å². The second-order valence-corrected chi connectivity index (χ2v) is 8.57. The lowest BCUT2D eigenvalue weighted by molar-refractivity contribution is -0.310. The van der Waals surface area contributed by atoms with E-state index in [2.05, 4.69) is 13.8 Å². The fourth-order valence-corrected chi connectivity index (χ4v) is 4.35. The van der Waals surface area contributed by atoms with Crippen molar-refractivity contribution in [3.63, 3.8) is 0 Å². The van der Waals surface area contributed by atoms with Crippen molar-refractivity contribution in [3.05, 3.63) is 76.2 Å². The van der Waals surface area contributed by atoms with Gasteiger partial charge in [-0.05, 0) is 35.1 Å². The number of nitrogens with zero attached hydrogens (tertiary/aromatic N) is 1. The second-order valence-electron chi connectivity index (χ2n) is 6.90. The predicted molar refractivity (Wildman–Crippen MR) is 114 cm³/mol. The van der Waals surface area contributed by atoms with Gasteiger partial charge in [0.1, 0.15) is 4.32 Å². The number of carbonyl (C=O) groups excluding carboxylic acids is 2. The maximum Gasteiger partial charge on any atom is 0.266 e. The van der Waals surface area contributed by atoms with Crippen molar-refractivity contribution in [2.45, 2.75) is 32.2 Å². The molecule has 6 heteroatoms. The first kappa shape index (κ1) is 20.3. The van der Waals surface area contributed by atoms with E-state index in [1.165, 1.54) is 5.56 Å². The van der Waals surface area contributed by atoms with Gasteiger partial charge in [0.25, 0.3) is 5.91 Å². The van der Waals surface area contributed by atoms with Crippen molar-refractivity contribution in [2.75, 3.05) is 0 Å². The number of thioether (sulfide) groups is 1. The summed E-state index contributed by atoms with van der Waals surface area (Å²) < 4.78 is 0.236. The molecule has 1 saturated heterocycles. The van der Waals surface area contributed by atoms with Crippen LogP contribution in [0.15, 0.2) is 59.5 Å². The van der Waals surface area contributed by atoms with Gasteiger partial charge in [-0.15, -0.1) is 0 Å². The first-order valence-corrected chi connectivity index (χ1v) is 10.2. The maximum absolute atomic E-state index is 12.9. The largest absolute Gasteiger partial charge is 0.548 e. The van der Waals surface area contributed by atoms with Crippen LogP contribution >= 0.6 is 24.0 Å². The van der Waals surface area contributed by atoms with Crippen LogP contribution in [0.3, 0.4) is 0 Å². The molecular weight excluding hydrogens is 390 g/mol. The fourth-order valence-electron chi connectivity index (χ4n) is 2.99. The number of amides is 1. The van der Waals surface area contributed by atoms with Crippen LogP contribution < -0.4 is 5.11 Å². The Labute approximate surface area is 174 Å². The third-order valence-electron chi connectivity index (χ3n) is 4.58. The van der Waals surface area contributed by atoms with Crippen LogP contribution in [-0.2, 0) is 16.0 Å². The van der Waals surface area contributed by atoms with Gasteiger partial charge in [-0.25, -0.2) is 0 Å². The highest BCUT2D eigenvalue weighted by Gasteiger charge is 2.37. The van der Waals surface area contributed by atoms with Crippen molar-refractivity contribution in [2.24, 2.45) is 0 Å². The zero-order valence-electron chi connectivity index (χ0n) is 15.6. The lowest BCUT2D eigenvalue weighted by Gasteiger charge is -2.27. The molecule has 1 heterocycles. The minimum atomic E-state index is -1.32. The molecule has 0 spiro atoms. The number of carboxylic acid groups (broad SMARTS) is 1. The molecule has 0 aliphatic carbocycles. The first-order chi connectivity index (χ1) is 13.4. The summed E-state index contributed by atoms with van der Waals surface area (Å²) in [5.74, 6) is -1.29. The molecule has 2 aromatic rings. The van der Waals surface area contributed by atoms with Crippen molar-refractivity contribution < 1.29 is 14.7 Å². The quantitative estimate of drug-likeness (QED) is 0.540. The van der Waals surface area contributed by atoms with Crippen molar-refractivity contribution in [3.8, 4) is 0 Å². The molecule has 0 radical (unpaired) electrons. The van der Waals surface area contributed by atoms with Crippen LogP contribution in [0.25, 0.3) is 6.08 Å². The number of aliphatic carboxylic acids is 1. The van der Waals surface area contributed by atoms with Crippen LogP contribution in [0.5, 0.6) is 0 Å². The van der Waals surface area contributed by atoms with E-state index >= 15 is 0 Å². The Bertz CT molecular complexity index is 921. The predicted octanol–water partition coefficient (Wildman–Crippen LogP) is 3.37. The van der Waals surface area contributed by atoms with E-state index < -0.39 is 17.9 Å². The molecule has 2 aromatic carbocycles. The molecule has 1 atom stereocenters. The molecule has 3 rings (SSSR count). The number of benzene rings is 2. The molecule has 144 valence electrons. The second kappa shape index (κ2) is 8.71. The number of rotatable bonds is 6. The number of hydrogen-bond acceptors (Lipinski definition) is 5. The number of hydrogen-bond donors (Lipinski definition) is 0. The molecule has 0 bridgehead atoms. The first-order valence-electron chi connectivity index (χ1n) is 8.98. The Morgan fingerprint density at radius 3 is 2.36 bits per heavy atom. The third kappa shape index (κ3) is 4.51. The molecule has 28 heavy (non-hydrogen) atoms. The number of carbonyl (C=O) groups is 2. The Morgan fingerprint density at radius 2 is 1.79 bits per heavy atom. The molecule has 0 N–H and O–H groups in total. The van der Waals surface area contributed by atoms with Gasteiger partial charge in [-0.1, -0.05) is 92.4 Å². The van der Waals surface area contributed by atoms with Gasteiger partial charge < -0.3 is 9.90 Å². The normalized spacial score (nSPS) is 16.8. The van der Waals surface area contributed by atoms with Crippen LogP contribution in [0.4, 0.5) is 0 Å². The number of thiocarbonyl (C=S) groups is 1. The van der Waals surface area contributed by atoms with Crippen molar-refractivity contribution in [1.82, 2.24) is 4.90 Å². The summed E-state index contributed by atoms with van der Waals surface area (Å²) in [6.45, 7) is 4.24. The summed E-state index contributed by atoms with van der Waals surface area (Å²) in [4.78, 5) is 26.2. The standard InChI is InChI=1S/C22H21NO3S2/c1-14(2)17-10-8-16(9-11-17)13-19-20(24)23(22(27)28-19)18(21(25)26)12-15-6-4-3-5-7-15/h3-11,13-14,18H,12H2,1-2H3,(H,25,26)/p-1/b19-13-/t18-/m1/s1. The van der Waals surface area contributed by atoms with E-state index in [9.17, 15) is 14.7 Å². The molecule has 0 aromatic heterocycles. The molecule has 4 nitrogen and oxygen atoms in total. The SMILES string of the molecule is CC(C)c1ccc(/C=C2\SC(=S)N([C@H](Cc3ccccc3)C(=O)[O-])C2=O)cc1. The van der Waals surface area contributed by atoms with E-state index in [0.29, 0.717) is 10.8 Å². The smallest absolute Gasteiger partial charge is 0.266 e. The van der Waals surface area contributed by atoms with Crippen molar-refractivity contribution >= 4 is 46.3 Å². The highest BCUT2D eigenvalue weighted by Crippen LogP contribution is 2.34. The topological polar surface area (TPSA) is 60.4 Å². The average molecular weight is 411 g/mol. The Balaban J connectivity index is 1.84. The van der Waals surface area contributed by atoms with Crippen LogP contribution in [0.1, 0.15) is 36.5 Å². The van der Waals surface area contributed by atoms with Crippen molar-refractivity contribution in [1.29, 1.82) is 0 Å². The molecule has 1 fully saturated rings. The van der Waals surface area contributed by atoms with Crippen LogP contribution in [-0.4, -0.2) is 27.1 Å². The minimum Gasteiger partial charge on any atom is -0.548 e. The summed E-state index contributed by atoms with van der Waals surface area (Å²) in [5.41, 5.74) is 2.89. The lowest BCUT2D eigenvalue weighted by Crippen LogP contribution is -2.51. The monoisotopic (exact) mass is 410 g/mol. The summed E-state index contributed by atoms with van der Waals surface area (Å²) in [6.07, 6.45) is 1.89. The van der Waals surface area contributed by atoms with E-state index in [-0.39, 0.29) is 10.7 Å². The molecular formula is C22H20NO3S2-. The number of carboxylic acids is 1. The highest BCUT2D eigenvalue weighted by atomic mass is 32.2. The molecule has 1 amide bonds. The van der Waals surface area contributed by atoms with Gasteiger partial charge in [-0.3, -0.25) is 9.69 Å². The van der Waals surface area contributed by atoms with Gasteiger partial charge >= 0.3 is 0 Å². The summed E-state index contributed by atoms with van der Waals surface area (Å²) in [6, 6.07) is 15.9. The Kier molecular flexibility index (Phi) is 6.31. The summed E-state index contributed by atoms with van der Waals surface area (Å²) >= 11 is 6.43. The maximum atomic E-state index is 12.9. The van der Waals surface area contributed by atoms with Gasteiger partial charge in [0.05, 0.1) is 16.9 Å². The summed E-state index contributed by atoms with van der Waals surface area (Å²) in [5, 5.41) is 11.8. The van der Waals surface area contributed by atoms with Gasteiger partial charge in [-0.2, -0.15) is 0 Å². The average Bonchev–Trinajstić information content (AvgIpc) is 2.94. The molecule has 1 aliphatic heterocycles. The highest BCUT2D eigenvalue weighted by molar-refractivity contribution is 8.26. The minimum absolute atomic E-state index is 0.145. The van der Waals surface area contributed by atoms with E-state index in [0.717, 1.165) is 27.8 Å². The van der Waals surface area contributed by atoms with Gasteiger partial charge in [0.15, 0.2) is 0 Å². The van der Waals surface area contributed by atoms with Gasteiger partial charge in [0, 0.05) is 0 Å². The third-order valence-corrected chi connectivity index (χ3v) is 5.91. The summed E-state index contributed by atoms with van der Waals surface area (Å²) in [7, 11) is 0. The Hall–Kier alpha value is -2.44. The van der Waals surface area contributed by atoms with Gasteiger partial charge in [0.2, 0.25) is 0 Å². The van der Waals surface area contributed by atoms with E-state index in [1.807, 2.05) is 54.6 Å². The zero-order chi connectivity index (χ0) is 20.3. The molecule has 0 unspecified atom stereocenters. The fraction of sp³-hybridized carbons (Fsp3) is 0.227. The Morgan fingerprint density at radius 1 is 1.14 bits per heavy atom. The molecule has 1 aliphatic rings. The zero-order valence-corrected chi connectivity index (χ0v) is 17.3.